The number of hydrogen-bond donors (Lipinski definition) is 1. The van der Waals surface area contributed by atoms with Crippen LogP contribution >= 0.6 is 11.8 Å². The number of hydrogen-bond acceptors (Lipinski definition) is 5. The number of aromatic hydroxyl groups is 1. The summed E-state index contributed by atoms with van der Waals surface area (Å²) >= 11 is 1.40. The highest BCUT2D eigenvalue weighted by atomic mass is 32.2. The molecule has 0 saturated carbocycles. The third kappa shape index (κ3) is 4.11. The van der Waals surface area contributed by atoms with Gasteiger partial charge in [0.15, 0.2) is 11.0 Å². The summed E-state index contributed by atoms with van der Waals surface area (Å²) in [6.07, 6.45) is 0. The lowest BCUT2D eigenvalue weighted by molar-refractivity contribution is 0.185. The molecule has 0 aliphatic carbocycles. The Morgan fingerprint density at radius 3 is 2.52 bits per heavy atom. The fourth-order valence-corrected chi connectivity index (χ4v) is 4.09. The fraction of sp³-hybridized carbons (Fsp3) is 0.182. The molecule has 0 aliphatic rings. The van der Waals surface area contributed by atoms with Crippen LogP contribution in [0.25, 0.3) is 22.2 Å². The third-order valence-corrected chi connectivity index (χ3v) is 5.67. The summed E-state index contributed by atoms with van der Waals surface area (Å²) in [5.41, 5.74) is 1.21. The number of halogens is 1. The molecule has 0 saturated heterocycles. The maximum absolute atomic E-state index is 14.0. The lowest BCUT2D eigenvalue weighted by atomic mass is 10.1. The minimum atomic E-state index is -0.240. The third-order valence-electron chi connectivity index (χ3n) is 4.66. The van der Waals surface area contributed by atoms with Crippen molar-refractivity contribution in [2.24, 2.45) is 0 Å². The molecule has 4 aromatic rings. The lowest BCUT2D eigenvalue weighted by Crippen LogP contribution is -2.07. The Morgan fingerprint density at radius 1 is 1.03 bits per heavy atom. The van der Waals surface area contributed by atoms with Crippen molar-refractivity contribution in [3.63, 3.8) is 0 Å². The number of rotatable bonds is 7. The van der Waals surface area contributed by atoms with Crippen LogP contribution in [0.1, 0.15) is 5.56 Å². The number of aromatic nitrogens is 3. The summed E-state index contributed by atoms with van der Waals surface area (Å²) in [5.74, 6) is 0.888. The molecule has 7 heteroatoms. The number of nitrogens with zero attached hydrogens (tertiary/aromatic N) is 3. The molecule has 0 fully saturated rings. The number of phenolic OH excluding ortho intramolecular Hbond substituents is 1. The summed E-state index contributed by atoms with van der Waals surface area (Å²) in [4.78, 5) is 0. The van der Waals surface area contributed by atoms with Gasteiger partial charge in [0.25, 0.3) is 0 Å². The molecular formula is C22H20FN3O2S. The zero-order valence-electron chi connectivity index (χ0n) is 15.9. The van der Waals surface area contributed by atoms with E-state index in [4.69, 9.17) is 4.74 Å². The summed E-state index contributed by atoms with van der Waals surface area (Å²) in [7, 11) is 1.63. The highest BCUT2D eigenvalue weighted by Crippen LogP contribution is 2.34. The molecule has 5 nitrogen and oxygen atoms in total. The molecule has 0 atom stereocenters. The minimum Gasteiger partial charge on any atom is -0.507 e. The summed E-state index contributed by atoms with van der Waals surface area (Å²) in [6, 6.07) is 18.1. The van der Waals surface area contributed by atoms with Crippen molar-refractivity contribution in [3.8, 4) is 17.1 Å². The molecule has 0 unspecified atom stereocenters. The van der Waals surface area contributed by atoms with Crippen LogP contribution in [0, 0.1) is 5.82 Å². The van der Waals surface area contributed by atoms with E-state index in [0.29, 0.717) is 41.0 Å². The van der Waals surface area contributed by atoms with Crippen molar-refractivity contribution >= 4 is 22.5 Å². The largest absolute Gasteiger partial charge is 0.507 e. The summed E-state index contributed by atoms with van der Waals surface area (Å²) < 4.78 is 21.1. The van der Waals surface area contributed by atoms with Gasteiger partial charge in [-0.05, 0) is 34.5 Å². The normalized spacial score (nSPS) is 11.2. The summed E-state index contributed by atoms with van der Waals surface area (Å²) in [5, 5.41) is 21.8. The Hall–Kier alpha value is -2.90. The van der Waals surface area contributed by atoms with Gasteiger partial charge in [-0.3, -0.25) is 4.57 Å². The number of thioether (sulfide) groups is 1. The molecule has 0 bridgehead atoms. The Bertz CT molecular complexity index is 1150. The van der Waals surface area contributed by atoms with Gasteiger partial charge in [0.05, 0.1) is 18.7 Å². The van der Waals surface area contributed by atoms with E-state index in [9.17, 15) is 9.50 Å². The standard InChI is InChI=1S/C22H20FN3O2S/c1-28-11-10-26-21(18-12-15-6-2-3-7-16(15)13-20(18)27)24-25-22(26)29-14-17-8-4-5-9-19(17)23/h2-9,12-13,27H,10-11,14H2,1H3. The number of ether oxygens (including phenoxy) is 1. The molecule has 29 heavy (non-hydrogen) atoms. The average Bonchev–Trinajstić information content (AvgIpc) is 3.13. The van der Waals surface area contributed by atoms with E-state index in [-0.39, 0.29) is 11.6 Å². The SMILES string of the molecule is COCCn1c(SCc2ccccc2F)nnc1-c1cc2ccccc2cc1O. The van der Waals surface area contributed by atoms with Gasteiger partial charge in [-0.15, -0.1) is 10.2 Å². The maximum Gasteiger partial charge on any atom is 0.191 e. The van der Waals surface area contributed by atoms with Crippen LogP contribution in [0.5, 0.6) is 5.75 Å². The van der Waals surface area contributed by atoms with E-state index in [2.05, 4.69) is 10.2 Å². The topological polar surface area (TPSA) is 60.2 Å². The van der Waals surface area contributed by atoms with Crippen LogP contribution in [-0.2, 0) is 17.0 Å². The van der Waals surface area contributed by atoms with Crippen molar-refractivity contribution in [2.45, 2.75) is 17.5 Å². The van der Waals surface area contributed by atoms with E-state index in [1.807, 2.05) is 41.0 Å². The van der Waals surface area contributed by atoms with Crippen molar-refractivity contribution in [3.05, 3.63) is 72.0 Å². The van der Waals surface area contributed by atoms with Gasteiger partial charge < -0.3 is 9.84 Å². The van der Waals surface area contributed by atoms with Crippen molar-refractivity contribution in [2.75, 3.05) is 13.7 Å². The number of fused-ring (bicyclic) bond motifs is 1. The van der Waals surface area contributed by atoms with Crippen LogP contribution in [-0.4, -0.2) is 33.6 Å². The number of benzene rings is 3. The highest BCUT2D eigenvalue weighted by molar-refractivity contribution is 7.98. The van der Waals surface area contributed by atoms with Crippen LogP contribution in [0.15, 0.2) is 65.8 Å². The van der Waals surface area contributed by atoms with Gasteiger partial charge in [0, 0.05) is 12.9 Å². The molecule has 0 aliphatic heterocycles. The molecule has 0 amide bonds. The molecule has 3 aromatic carbocycles. The van der Waals surface area contributed by atoms with Crippen LogP contribution in [0.3, 0.4) is 0 Å². The van der Waals surface area contributed by atoms with Gasteiger partial charge in [-0.2, -0.15) is 0 Å². The van der Waals surface area contributed by atoms with Crippen molar-refractivity contribution in [1.82, 2.24) is 14.8 Å². The Balaban J connectivity index is 1.70. The number of phenols is 1. The predicted molar refractivity (Wildman–Crippen MR) is 112 cm³/mol. The Kier molecular flexibility index (Phi) is 5.78. The Labute approximate surface area is 172 Å². The quantitative estimate of drug-likeness (QED) is 0.441. The fourth-order valence-electron chi connectivity index (χ4n) is 3.14. The van der Waals surface area contributed by atoms with Gasteiger partial charge in [0.1, 0.15) is 11.6 Å². The molecule has 0 radical (unpaired) electrons. The molecule has 148 valence electrons. The van der Waals surface area contributed by atoms with Gasteiger partial charge in [-0.1, -0.05) is 54.2 Å². The lowest BCUT2D eigenvalue weighted by Gasteiger charge is -2.11. The average molecular weight is 409 g/mol. The first-order chi connectivity index (χ1) is 14.2. The second-order valence-corrected chi connectivity index (χ2v) is 7.49. The molecule has 1 aromatic heterocycles. The molecule has 0 spiro atoms. The number of methoxy groups -OCH3 is 1. The van der Waals surface area contributed by atoms with Crippen LogP contribution < -0.4 is 0 Å². The molecule has 1 N–H and O–H groups in total. The van der Waals surface area contributed by atoms with Crippen LogP contribution in [0.2, 0.25) is 0 Å². The highest BCUT2D eigenvalue weighted by Gasteiger charge is 2.18. The maximum atomic E-state index is 14.0. The molecule has 1 heterocycles. The van der Waals surface area contributed by atoms with E-state index >= 15 is 0 Å². The molecular weight excluding hydrogens is 389 g/mol. The smallest absolute Gasteiger partial charge is 0.191 e. The van der Waals surface area contributed by atoms with Crippen molar-refractivity contribution in [1.29, 1.82) is 0 Å². The zero-order valence-corrected chi connectivity index (χ0v) is 16.7. The monoisotopic (exact) mass is 409 g/mol. The van der Waals surface area contributed by atoms with Gasteiger partial charge in [0.2, 0.25) is 0 Å². The first kappa shape index (κ1) is 19.4. The van der Waals surface area contributed by atoms with Gasteiger partial charge in [-0.25, -0.2) is 4.39 Å². The molecule has 4 rings (SSSR count). The first-order valence-electron chi connectivity index (χ1n) is 9.18. The summed E-state index contributed by atoms with van der Waals surface area (Å²) in [6.45, 7) is 0.983. The second-order valence-electron chi connectivity index (χ2n) is 6.55. The van der Waals surface area contributed by atoms with Gasteiger partial charge >= 0.3 is 0 Å². The predicted octanol–water partition coefficient (Wildman–Crippen LogP) is 4.88. The second kappa shape index (κ2) is 8.63. The minimum absolute atomic E-state index is 0.139. The first-order valence-corrected chi connectivity index (χ1v) is 10.2. The van der Waals surface area contributed by atoms with E-state index in [1.165, 1.54) is 17.8 Å². The zero-order chi connectivity index (χ0) is 20.2. The van der Waals surface area contributed by atoms with E-state index in [1.54, 1.807) is 25.3 Å². The Morgan fingerprint density at radius 2 is 1.76 bits per heavy atom. The van der Waals surface area contributed by atoms with Crippen LogP contribution in [0.4, 0.5) is 4.39 Å². The van der Waals surface area contributed by atoms with E-state index < -0.39 is 0 Å². The van der Waals surface area contributed by atoms with E-state index in [0.717, 1.165) is 10.8 Å². The van der Waals surface area contributed by atoms with Crippen molar-refractivity contribution < 1.29 is 14.2 Å².